The summed E-state index contributed by atoms with van der Waals surface area (Å²) in [7, 11) is -2.76. The lowest BCUT2D eigenvalue weighted by Crippen LogP contribution is -2.40. The minimum Gasteiger partial charge on any atom is -0.496 e. The fraction of sp³-hybridized carbons (Fsp3) is 0.207. The van der Waals surface area contributed by atoms with Crippen LogP contribution in [0.25, 0.3) is 5.69 Å². The molecule has 0 bridgehead atoms. The molecule has 0 atom stereocenters. The number of sulfonamides is 1. The Morgan fingerprint density at radius 2 is 1.61 bits per heavy atom. The predicted octanol–water partition coefficient (Wildman–Crippen LogP) is 5.01. The summed E-state index contributed by atoms with van der Waals surface area (Å²) in [5.74, 6) is -1.50. The van der Waals surface area contributed by atoms with Gasteiger partial charge in [-0.05, 0) is 70.2 Å². The summed E-state index contributed by atoms with van der Waals surface area (Å²) in [6, 6.07) is 19.5. The summed E-state index contributed by atoms with van der Waals surface area (Å²) in [5.41, 5.74) is 0.0586. The molecule has 4 aromatic rings. The van der Waals surface area contributed by atoms with Crippen molar-refractivity contribution in [2.24, 2.45) is 0 Å². The number of amides is 1. The molecule has 0 saturated heterocycles. The van der Waals surface area contributed by atoms with Gasteiger partial charge in [-0.3, -0.25) is 4.79 Å². The summed E-state index contributed by atoms with van der Waals surface area (Å²) in [6.45, 7) is 6.58. The zero-order chi connectivity index (χ0) is 29.9. The van der Waals surface area contributed by atoms with Gasteiger partial charge in [0.15, 0.2) is 5.69 Å². The van der Waals surface area contributed by atoms with E-state index in [0.29, 0.717) is 11.4 Å². The average molecular weight is 579 g/mol. The van der Waals surface area contributed by atoms with Gasteiger partial charge in [0.2, 0.25) is 15.9 Å². The summed E-state index contributed by atoms with van der Waals surface area (Å²) in [4.78, 5) is 24.6. The van der Waals surface area contributed by atoms with Crippen molar-refractivity contribution in [2.75, 3.05) is 12.4 Å². The van der Waals surface area contributed by atoms with Crippen LogP contribution < -0.4 is 19.5 Å². The highest BCUT2D eigenvalue weighted by Crippen LogP contribution is 2.36. The third kappa shape index (κ3) is 6.56. The first-order valence-electron chi connectivity index (χ1n) is 12.5. The monoisotopic (exact) mass is 578 g/mol. The van der Waals surface area contributed by atoms with Gasteiger partial charge in [-0.25, -0.2) is 17.9 Å². The molecule has 41 heavy (non-hydrogen) atoms. The Balaban J connectivity index is 1.82. The van der Waals surface area contributed by atoms with Crippen LogP contribution in [0.4, 0.5) is 5.69 Å². The van der Waals surface area contributed by atoms with Crippen LogP contribution in [0.5, 0.6) is 17.4 Å². The molecule has 1 amide bonds. The molecule has 0 aliphatic heterocycles. The zero-order valence-electron chi connectivity index (χ0n) is 23.1. The number of rotatable bonds is 9. The number of nitrogens with one attached hydrogen (secondary N) is 2. The Morgan fingerprint density at radius 3 is 2.24 bits per heavy atom. The maximum atomic E-state index is 13.6. The van der Waals surface area contributed by atoms with Gasteiger partial charge < -0.3 is 19.9 Å². The summed E-state index contributed by atoms with van der Waals surface area (Å²) < 4.78 is 42.4. The van der Waals surface area contributed by atoms with Crippen LogP contribution in [0.3, 0.4) is 0 Å². The molecule has 1 aromatic heterocycles. The summed E-state index contributed by atoms with van der Waals surface area (Å²) in [5, 5.41) is 16.6. The molecule has 0 unspecified atom stereocenters. The average Bonchev–Trinajstić information content (AvgIpc) is 3.24. The van der Waals surface area contributed by atoms with E-state index in [1.165, 1.54) is 36.9 Å². The molecule has 0 saturated carbocycles. The third-order valence-electron chi connectivity index (χ3n) is 5.76. The minimum absolute atomic E-state index is 0.0200. The number of carboxylic acids is 1. The number of hydrogen-bond donors (Lipinski definition) is 3. The van der Waals surface area contributed by atoms with Gasteiger partial charge in [0.1, 0.15) is 16.4 Å². The van der Waals surface area contributed by atoms with Crippen molar-refractivity contribution in [1.82, 2.24) is 14.5 Å². The van der Waals surface area contributed by atoms with Crippen LogP contribution in [0.15, 0.2) is 77.7 Å². The highest BCUT2D eigenvalue weighted by Gasteiger charge is 2.29. The Kier molecular flexibility index (Phi) is 8.17. The quantitative estimate of drug-likeness (QED) is 0.251. The van der Waals surface area contributed by atoms with Crippen molar-refractivity contribution in [3.05, 3.63) is 89.6 Å². The van der Waals surface area contributed by atoms with Gasteiger partial charge in [0.25, 0.3) is 5.91 Å². The lowest BCUT2D eigenvalue weighted by Gasteiger charge is -2.22. The molecule has 0 spiro atoms. The van der Waals surface area contributed by atoms with Crippen LogP contribution in [-0.4, -0.2) is 47.8 Å². The van der Waals surface area contributed by atoms with E-state index in [-0.39, 0.29) is 39.0 Å². The number of ether oxygens (including phenoxy) is 2. The molecular formula is C29H30N4O7S. The fourth-order valence-electron chi connectivity index (χ4n) is 4.02. The van der Waals surface area contributed by atoms with E-state index in [2.05, 4.69) is 15.1 Å². The first-order valence-corrected chi connectivity index (χ1v) is 14.0. The molecule has 0 aliphatic carbocycles. The van der Waals surface area contributed by atoms with E-state index in [9.17, 15) is 23.1 Å². The Hall–Kier alpha value is -4.68. The molecule has 214 valence electrons. The molecule has 0 radical (unpaired) electrons. The molecular weight excluding hydrogens is 548 g/mol. The second-order valence-corrected chi connectivity index (χ2v) is 11.8. The van der Waals surface area contributed by atoms with Crippen LogP contribution in [0.2, 0.25) is 0 Å². The number of methoxy groups -OCH3 is 1. The number of nitrogens with zero attached hydrogens (tertiary/aromatic N) is 2. The van der Waals surface area contributed by atoms with Gasteiger partial charge in [0, 0.05) is 16.8 Å². The highest BCUT2D eigenvalue weighted by atomic mass is 32.2. The van der Waals surface area contributed by atoms with Crippen molar-refractivity contribution >= 4 is 27.6 Å². The number of hydrogen-bond acceptors (Lipinski definition) is 7. The molecule has 0 aliphatic rings. The van der Waals surface area contributed by atoms with Crippen molar-refractivity contribution in [1.29, 1.82) is 0 Å². The number of para-hydroxylation sites is 2. The lowest BCUT2D eigenvalue weighted by atomic mass is 10.1. The van der Waals surface area contributed by atoms with Crippen molar-refractivity contribution < 1.29 is 32.6 Å². The van der Waals surface area contributed by atoms with E-state index >= 15 is 0 Å². The van der Waals surface area contributed by atoms with E-state index in [1.807, 2.05) is 0 Å². The molecule has 11 nitrogen and oxygen atoms in total. The van der Waals surface area contributed by atoms with Gasteiger partial charge in [-0.15, -0.1) is 0 Å². The van der Waals surface area contributed by atoms with Crippen LogP contribution in [0, 0.1) is 6.92 Å². The van der Waals surface area contributed by atoms with Crippen molar-refractivity contribution in [3.63, 3.8) is 0 Å². The standard InChI is InChI=1S/C29H30N4O7S/c1-18-25(28(35)36)31-33(20-11-7-6-8-12-20)27(18)40-23-16-15-19(17-24(23)41(37,38)32-29(2,3)4)30-26(34)21-13-9-10-14-22(21)39-5/h6-17,32H,1-5H3,(H,30,34)(H,35,36). The number of carboxylic acid groups (broad SMARTS) is 1. The Labute approximate surface area is 237 Å². The molecule has 1 heterocycles. The maximum absolute atomic E-state index is 13.6. The van der Waals surface area contributed by atoms with Crippen molar-refractivity contribution in [2.45, 2.75) is 38.1 Å². The van der Waals surface area contributed by atoms with Crippen LogP contribution >= 0.6 is 0 Å². The number of carbonyl (C=O) groups is 2. The second kappa shape index (κ2) is 11.4. The SMILES string of the molecule is COc1ccccc1C(=O)Nc1ccc(Oc2c(C)c(C(=O)O)nn2-c2ccccc2)c(S(=O)(=O)NC(C)(C)C)c1. The zero-order valence-corrected chi connectivity index (χ0v) is 23.9. The third-order valence-corrected chi connectivity index (χ3v) is 7.54. The molecule has 4 rings (SSSR count). The van der Waals surface area contributed by atoms with Gasteiger partial charge in [-0.2, -0.15) is 9.78 Å². The van der Waals surface area contributed by atoms with Crippen LogP contribution in [-0.2, 0) is 10.0 Å². The van der Waals surface area contributed by atoms with Crippen molar-refractivity contribution in [3.8, 4) is 23.1 Å². The fourth-order valence-corrected chi connectivity index (χ4v) is 5.59. The van der Waals surface area contributed by atoms with Gasteiger partial charge >= 0.3 is 5.97 Å². The number of carbonyl (C=O) groups excluding carboxylic acids is 1. The number of aromatic nitrogens is 2. The number of benzene rings is 3. The molecule has 12 heteroatoms. The normalized spacial score (nSPS) is 11.6. The number of anilines is 1. The van der Waals surface area contributed by atoms with Gasteiger partial charge in [0.05, 0.1) is 18.4 Å². The van der Waals surface area contributed by atoms with E-state index in [4.69, 9.17) is 9.47 Å². The lowest BCUT2D eigenvalue weighted by molar-refractivity contribution is 0.0689. The van der Waals surface area contributed by atoms with Gasteiger partial charge in [-0.1, -0.05) is 30.3 Å². The Morgan fingerprint density at radius 1 is 0.951 bits per heavy atom. The summed E-state index contributed by atoms with van der Waals surface area (Å²) in [6.07, 6.45) is 0. The molecule has 3 aromatic carbocycles. The van der Waals surface area contributed by atoms with E-state index < -0.39 is 27.4 Å². The van der Waals surface area contributed by atoms with Crippen LogP contribution in [0.1, 0.15) is 47.2 Å². The van der Waals surface area contributed by atoms with E-state index in [1.54, 1.807) is 75.4 Å². The molecule has 0 fully saturated rings. The maximum Gasteiger partial charge on any atom is 0.356 e. The first-order chi connectivity index (χ1) is 19.3. The minimum atomic E-state index is -4.20. The predicted molar refractivity (Wildman–Crippen MR) is 153 cm³/mol. The highest BCUT2D eigenvalue weighted by molar-refractivity contribution is 7.89. The first kappa shape index (κ1) is 29.3. The summed E-state index contributed by atoms with van der Waals surface area (Å²) >= 11 is 0. The largest absolute Gasteiger partial charge is 0.496 e. The van der Waals surface area contributed by atoms with E-state index in [0.717, 1.165) is 0 Å². The second-order valence-electron chi connectivity index (χ2n) is 10.1. The topological polar surface area (TPSA) is 149 Å². The smallest absolute Gasteiger partial charge is 0.356 e. The molecule has 3 N–H and O–H groups in total. The number of aromatic carboxylic acids is 1. The Bertz CT molecular complexity index is 1710.